The van der Waals surface area contributed by atoms with Crippen molar-refractivity contribution in [1.29, 1.82) is 0 Å². The van der Waals surface area contributed by atoms with Gasteiger partial charge in [-0.25, -0.2) is 9.59 Å². The molecule has 1 aliphatic rings. The number of fused-ring (bicyclic) bond motifs is 1. The Hall–Kier alpha value is -1.94. The lowest BCUT2D eigenvalue weighted by atomic mass is 10.1. The zero-order valence-electron chi connectivity index (χ0n) is 14.7. The minimum Gasteiger partial charge on any atom is -0.462 e. The summed E-state index contributed by atoms with van der Waals surface area (Å²) < 4.78 is 11.2. The van der Waals surface area contributed by atoms with E-state index in [1.54, 1.807) is 31.2 Å². The van der Waals surface area contributed by atoms with Crippen LogP contribution in [0.25, 0.3) is 0 Å². The maximum absolute atomic E-state index is 12.3. The van der Waals surface area contributed by atoms with E-state index in [2.05, 4.69) is 27.9 Å². The predicted molar refractivity (Wildman–Crippen MR) is 110 cm³/mol. The summed E-state index contributed by atoms with van der Waals surface area (Å²) in [5, 5.41) is 3.16. The highest BCUT2D eigenvalue weighted by Crippen LogP contribution is 2.39. The van der Waals surface area contributed by atoms with E-state index in [0.29, 0.717) is 16.1 Å². The summed E-state index contributed by atoms with van der Waals surface area (Å²) in [5.74, 6) is -1.48. The van der Waals surface area contributed by atoms with Crippen molar-refractivity contribution in [2.75, 3.05) is 18.5 Å². The maximum Gasteiger partial charge on any atom is 0.341 e. The molecule has 1 aromatic carbocycles. The molecule has 2 aromatic rings. The first-order chi connectivity index (χ1) is 13.0. The smallest absolute Gasteiger partial charge is 0.341 e. The van der Waals surface area contributed by atoms with Crippen LogP contribution in [0, 0.1) is 3.57 Å². The van der Waals surface area contributed by atoms with Crippen LogP contribution in [0.1, 0.15) is 44.5 Å². The highest BCUT2D eigenvalue weighted by Gasteiger charge is 2.28. The third-order valence-corrected chi connectivity index (χ3v) is 5.99. The lowest BCUT2D eigenvalue weighted by Gasteiger charge is -2.08. The first-order valence-electron chi connectivity index (χ1n) is 8.53. The quantitative estimate of drug-likeness (QED) is 0.483. The minimum atomic E-state index is -0.569. The number of hydrogen-bond donors (Lipinski definition) is 1. The van der Waals surface area contributed by atoms with Crippen LogP contribution >= 0.6 is 33.9 Å². The van der Waals surface area contributed by atoms with Crippen LogP contribution < -0.4 is 5.32 Å². The third-order valence-electron chi connectivity index (χ3n) is 4.07. The number of nitrogens with one attached hydrogen (secondary N) is 1. The van der Waals surface area contributed by atoms with Crippen LogP contribution in [0.2, 0.25) is 0 Å². The zero-order chi connectivity index (χ0) is 19.4. The largest absolute Gasteiger partial charge is 0.462 e. The molecule has 142 valence electrons. The summed E-state index contributed by atoms with van der Waals surface area (Å²) in [6, 6.07) is 6.86. The van der Waals surface area contributed by atoms with E-state index in [4.69, 9.17) is 9.47 Å². The van der Waals surface area contributed by atoms with Crippen LogP contribution in [0.3, 0.4) is 0 Å². The van der Waals surface area contributed by atoms with Gasteiger partial charge < -0.3 is 14.8 Å². The third kappa shape index (κ3) is 4.67. The Balaban J connectivity index is 1.65. The zero-order valence-corrected chi connectivity index (χ0v) is 17.6. The number of anilines is 1. The number of benzene rings is 1. The molecule has 0 fully saturated rings. The van der Waals surface area contributed by atoms with Gasteiger partial charge >= 0.3 is 11.9 Å². The molecule has 1 amide bonds. The number of carbonyl (C=O) groups is 3. The molecule has 1 heterocycles. The average Bonchev–Trinajstić information content (AvgIpc) is 3.21. The maximum atomic E-state index is 12.3. The Kier molecular flexibility index (Phi) is 6.48. The van der Waals surface area contributed by atoms with Gasteiger partial charge in [0.1, 0.15) is 5.00 Å². The van der Waals surface area contributed by atoms with E-state index in [-0.39, 0.29) is 6.61 Å². The van der Waals surface area contributed by atoms with Gasteiger partial charge in [0, 0.05) is 8.45 Å². The molecule has 3 rings (SSSR count). The van der Waals surface area contributed by atoms with Crippen molar-refractivity contribution < 1.29 is 23.9 Å². The molecular formula is C19H18INO5S. The second-order valence-electron chi connectivity index (χ2n) is 5.91. The Bertz CT molecular complexity index is 875. The topological polar surface area (TPSA) is 81.7 Å². The monoisotopic (exact) mass is 499 g/mol. The molecule has 0 radical (unpaired) electrons. The Morgan fingerprint density at radius 2 is 1.85 bits per heavy atom. The standard InChI is InChI=1S/C19H18INO5S/c1-2-25-19(24)16-13-4-3-5-14(13)27-17(16)21-15(22)10-26-18(23)11-6-8-12(20)9-7-11/h6-9H,2-5,10H2,1H3,(H,21,22). The first-order valence-corrected chi connectivity index (χ1v) is 10.4. The van der Waals surface area contributed by atoms with Crippen molar-refractivity contribution in [3.8, 4) is 0 Å². The molecule has 1 aliphatic carbocycles. The molecule has 0 aliphatic heterocycles. The van der Waals surface area contributed by atoms with Gasteiger partial charge in [-0.15, -0.1) is 11.3 Å². The van der Waals surface area contributed by atoms with E-state index >= 15 is 0 Å². The molecule has 27 heavy (non-hydrogen) atoms. The highest BCUT2D eigenvalue weighted by molar-refractivity contribution is 14.1. The summed E-state index contributed by atoms with van der Waals surface area (Å²) in [4.78, 5) is 37.6. The number of thiophene rings is 1. The van der Waals surface area contributed by atoms with E-state index in [1.165, 1.54) is 11.3 Å². The molecule has 0 bridgehead atoms. The fraction of sp³-hybridized carbons (Fsp3) is 0.316. The summed E-state index contributed by atoms with van der Waals surface area (Å²) in [6.07, 6.45) is 2.69. The average molecular weight is 499 g/mol. The van der Waals surface area contributed by atoms with Crippen molar-refractivity contribution >= 4 is 56.8 Å². The summed E-state index contributed by atoms with van der Waals surface area (Å²) in [6.45, 7) is 1.59. The number of amides is 1. The molecule has 6 nitrogen and oxygen atoms in total. The van der Waals surface area contributed by atoms with Crippen molar-refractivity contribution in [1.82, 2.24) is 0 Å². The Labute approximate surface area is 174 Å². The molecular weight excluding hydrogens is 481 g/mol. The normalized spacial score (nSPS) is 12.4. The number of hydrogen-bond acceptors (Lipinski definition) is 6. The first kappa shape index (κ1) is 19.8. The van der Waals surface area contributed by atoms with Gasteiger partial charge in [0.15, 0.2) is 6.61 Å². The summed E-state index contributed by atoms with van der Waals surface area (Å²) in [5.41, 5.74) is 1.78. The van der Waals surface area contributed by atoms with Gasteiger partial charge in [-0.2, -0.15) is 0 Å². The second kappa shape index (κ2) is 8.83. The fourth-order valence-electron chi connectivity index (χ4n) is 2.87. The number of aryl methyl sites for hydroxylation is 1. The number of rotatable bonds is 6. The van der Waals surface area contributed by atoms with Gasteiger partial charge in [-0.3, -0.25) is 4.79 Å². The van der Waals surface area contributed by atoms with Crippen molar-refractivity contribution in [3.05, 3.63) is 49.4 Å². The van der Waals surface area contributed by atoms with Crippen LogP contribution in [0.15, 0.2) is 24.3 Å². The van der Waals surface area contributed by atoms with Crippen LogP contribution in [-0.4, -0.2) is 31.1 Å². The Morgan fingerprint density at radius 3 is 2.56 bits per heavy atom. The van der Waals surface area contributed by atoms with Crippen molar-refractivity contribution in [2.24, 2.45) is 0 Å². The summed E-state index contributed by atoms with van der Waals surface area (Å²) >= 11 is 3.53. The van der Waals surface area contributed by atoms with Gasteiger partial charge in [0.05, 0.1) is 17.7 Å². The number of esters is 2. The van der Waals surface area contributed by atoms with Gasteiger partial charge in [0.2, 0.25) is 0 Å². The number of ether oxygens (including phenoxy) is 2. The van der Waals surface area contributed by atoms with Crippen LogP contribution in [-0.2, 0) is 27.1 Å². The lowest BCUT2D eigenvalue weighted by Crippen LogP contribution is -2.22. The molecule has 1 N–H and O–H groups in total. The van der Waals surface area contributed by atoms with Crippen molar-refractivity contribution in [2.45, 2.75) is 26.2 Å². The van der Waals surface area contributed by atoms with Gasteiger partial charge in [-0.1, -0.05) is 0 Å². The van der Waals surface area contributed by atoms with E-state index in [0.717, 1.165) is 33.3 Å². The van der Waals surface area contributed by atoms with Crippen LogP contribution in [0.4, 0.5) is 5.00 Å². The van der Waals surface area contributed by atoms with Crippen LogP contribution in [0.5, 0.6) is 0 Å². The molecule has 8 heteroatoms. The molecule has 0 spiro atoms. The minimum absolute atomic E-state index is 0.268. The molecule has 0 saturated heterocycles. The SMILES string of the molecule is CCOC(=O)c1c(NC(=O)COC(=O)c2ccc(I)cc2)sc2c1CCC2. The molecule has 0 saturated carbocycles. The summed E-state index contributed by atoms with van der Waals surface area (Å²) in [7, 11) is 0. The number of carbonyl (C=O) groups excluding carboxylic acids is 3. The van der Waals surface area contributed by atoms with E-state index in [9.17, 15) is 14.4 Å². The molecule has 0 unspecified atom stereocenters. The number of halogens is 1. The van der Waals surface area contributed by atoms with E-state index in [1.807, 2.05) is 0 Å². The lowest BCUT2D eigenvalue weighted by molar-refractivity contribution is -0.119. The molecule has 1 aromatic heterocycles. The van der Waals surface area contributed by atoms with Gasteiger partial charge in [-0.05, 0) is 78.6 Å². The highest BCUT2D eigenvalue weighted by atomic mass is 127. The predicted octanol–water partition coefficient (Wildman–Crippen LogP) is 3.81. The van der Waals surface area contributed by atoms with Crippen molar-refractivity contribution in [3.63, 3.8) is 0 Å². The second-order valence-corrected chi connectivity index (χ2v) is 8.26. The van der Waals surface area contributed by atoms with E-state index < -0.39 is 24.5 Å². The fourth-order valence-corrected chi connectivity index (χ4v) is 4.53. The van der Waals surface area contributed by atoms with Gasteiger partial charge in [0.25, 0.3) is 5.91 Å². The molecule has 0 atom stereocenters. The Morgan fingerprint density at radius 1 is 1.11 bits per heavy atom.